The maximum absolute atomic E-state index is 5.87. The highest BCUT2D eigenvalue weighted by Crippen LogP contribution is 2.15. The van der Waals surface area contributed by atoms with Crippen LogP contribution in [0.3, 0.4) is 0 Å². The lowest BCUT2D eigenvalue weighted by Gasteiger charge is -2.09. The van der Waals surface area contributed by atoms with Crippen molar-refractivity contribution in [3.63, 3.8) is 0 Å². The first-order chi connectivity index (χ1) is 10.8. The van der Waals surface area contributed by atoms with E-state index in [1.54, 1.807) is 7.11 Å². The van der Waals surface area contributed by atoms with Crippen LogP contribution in [0.1, 0.15) is 23.1 Å². The van der Waals surface area contributed by atoms with Gasteiger partial charge in [0.05, 0.1) is 0 Å². The van der Waals surface area contributed by atoms with Crippen LogP contribution in [-0.2, 0) is 17.9 Å². The number of hydrogen-bond acceptors (Lipinski definition) is 3. The fourth-order valence-corrected chi connectivity index (χ4v) is 2.17. The van der Waals surface area contributed by atoms with Gasteiger partial charge >= 0.3 is 0 Å². The zero-order chi connectivity index (χ0) is 15.6. The fraction of sp³-hybridized carbons (Fsp3) is 0.368. The molecule has 0 bridgehead atoms. The van der Waals surface area contributed by atoms with E-state index in [1.807, 2.05) is 12.1 Å². The molecule has 0 saturated carbocycles. The van der Waals surface area contributed by atoms with E-state index in [0.717, 1.165) is 31.9 Å². The minimum Gasteiger partial charge on any atom is -0.489 e. The van der Waals surface area contributed by atoms with Crippen molar-refractivity contribution in [1.82, 2.24) is 5.32 Å². The lowest BCUT2D eigenvalue weighted by molar-refractivity contribution is 0.194. The number of methoxy groups -OCH3 is 1. The molecule has 2 aromatic rings. The summed E-state index contributed by atoms with van der Waals surface area (Å²) in [5.41, 5.74) is 3.69. The molecule has 0 amide bonds. The number of nitrogens with one attached hydrogen (secondary N) is 1. The predicted octanol–water partition coefficient (Wildman–Crippen LogP) is 4.12. The van der Waals surface area contributed by atoms with Gasteiger partial charge in [-0.25, -0.2) is 0 Å². The van der Waals surface area contributed by atoms with E-state index in [9.17, 15) is 0 Å². The summed E-state index contributed by atoms with van der Waals surface area (Å²) in [6, 6.07) is 16.7. The second-order valence-electron chi connectivity index (χ2n) is 5.44. The molecular weight excluding hydrogens is 310 g/mol. The lowest BCUT2D eigenvalue weighted by atomic mass is 10.2. The fourth-order valence-electron chi connectivity index (χ4n) is 2.17. The van der Waals surface area contributed by atoms with Crippen LogP contribution in [0.4, 0.5) is 0 Å². The SMILES string of the molecule is COCCCNCc1cccc(OCc2ccc(C)cc2)c1.Cl. The first-order valence-electron chi connectivity index (χ1n) is 7.75. The van der Waals surface area contributed by atoms with Crippen molar-refractivity contribution >= 4 is 12.4 Å². The minimum absolute atomic E-state index is 0. The first-order valence-corrected chi connectivity index (χ1v) is 7.75. The average molecular weight is 336 g/mol. The van der Waals surface area contributed by atoms with Gasteiger partial charge in [0.2, 0.25) is 0 Å². The normalized spacial score (nSPS) is 10.2. The summed E-state index contributed by atoms with van der Waals surface area (Å²) in [7, 11) is 1.73. The Hall–Kier alpha value is -1.55. The first kappa shape index (κ1) is 19.5. The molecule has 0 atom stereocenters. The van der Waals surface area contributed by atoms with Crippen LogP contribution >= 0.6 is 12.4 Å². The zero-order valence-electron chi connectivity index (χ0n) is 13.9. The molecule has 0 aliphatic rings. The standard InChI is InChI=1S/C19H25NO2.ClH/c1-16-7-9-17(10-8-16)15-22-19-6-3-5-18(13-19)14-20-11-4-12-21-2;/h3,5-10,13,20H,4,11-12,14-15H2,1-2H3;1H. The summed E-state index contributed by atoms with van der Waals surface area (Å²) in [5.74, 6) is 0.914. The lowest BCUT2D eigenvalue weighted by Crippen LogP contribution is -2.16. The molecule has 0 fully saturated rings. The van der Waals surface area contributed by atoms with E-state index >= 15 is 0 Å². The number of benzene rings is 2. The Morgan fingerprint density at radius 3 is 2.52 bits per heavy atom. The van der Waals surface area contributed by atoms with Crippen LogP contribution < -0.4 is 10.1 Å². The number of halogens is 1. The summed E-state index contributed by atoms with van der Waals surface area (Å²) < 4.78 is 10.9. The quantitative estimate of drug-likeness (QED) is 0.699. The number of aryl methyl sites for hydroxylation is 1. The van der Waals surface area contributed by atoms with E-state index in [4.69, 9.17) is 9.47 Å². The summed E-state index contributed by atoms with van der Waals surface area (Å²) in [6.45, 7) is 5.30. The van der Waals surface area contributed by atoms with Gasteiger partial charge in [-0.2, -0.15) is 0 Å². The van der Waals surface area contributed by atoms with E-state index < -0.39 is 0 Å². The van der Waals surface area contributed by atoms with Crippen molar-refractivity contribution in [2.45, 2.75) is 26.5 Å². The number of ether oxygens (including phenoxy) is 2. The monoisotopic (exact) mass is 335 g/mol. The second-order valence-corrected chi connectivity index (χ2v) is 5.44. The van der Waals surface area contributed by atoms with Gasteiger partial charge in [-0.05, 0) is 43.1 Å². The molecule has 0 aliphatic carbocycles. The van der Waals surface area contributed by atoms with Crippen LogP contribution in [0.15, 0.2) is 48.5 Å². The van der Waals surface area contributed by atoms with Crippen molar-refractivity contribution in [2.24, 2.45) is 0 Å². The average Bonchev–Trinajstić information content (AvgIpc) is 2.55. The third-order valence-electron chi connectivity index (χ3n) is 3.46. The summed E-state index contributed by atoms with van der Waals surface area (Å²) >= 11 is 0. The molecule has 3 nitrogen and oxygen atoms in total. The highest BCUT2D eigenvalue weighted by Gasteiger charge is 1.99. The largest absolute Gasteiger partial charge is 0.489 e. The topological polar surface area (TPSA) is 30.5 Å². The van der Waals surface area contributed by atoms with Gasteiger partial charge in [-0.3, -0.25) is 0 Å². The summed E-state index contributed by atoms with van der Waals surface area (Å²) in [4.78, 5) is 0. The third-order valence-corrected chi connectivity index (χ3v) is 3.46. The van der Waals surface area contributed by atoms with Gasteiger partial charge in [0, 0.05) is 20.3 Å². The van der Waals surface area contributed by atoms with Gasteiger partial charge < -0.3 is 14.8 Å². The van der Waals surface area contributed by atoms with E-state index in [-0.39, 0.29) is 12.4 Å². The molecule has 0 spiro atoms. The van der Waals surface area contributed by atoms with Gasteiger partial charge in [0.15, 0.2) is 0 Å². The van der Waals surface area contributed by atoms with Crippen molar-refractivity contribution in [2.75, 3.05) is 20.3 Å². The maximum Gasteiger partial charge on any atom is 0.120 e. The summed E-state index contributed by atoms with van der Waals surface area (Å²) in [6.07, 6.45) is 1.03. The molecule has 0 aromatic heterocycles. The zero-order valence-corrected chi connectivity index (χ0v) is 14.7. The number of rotatable bonds is 9. The van der Waals surface area contributed by atoms with Crippen molar-refractivity contribution in [1.29, 1.82) is 0 Å². The van der Waals surface area contributed by atoms with Crippen molar-refractivity contribution in [3.05, 3.63) is 65.2 Å². The maximum atomic E-state index is 5.87. The highest BCUT2D eigenvalue weighted by molar-refractivity contribution is 5.85. The minimum atomic E-state index is 0. The number of hydrogen-bond donors (Lipinski definition) is 1. The molecule has 23 heavy (non-hydrogen) atoms. The predicted molar refractivity (Wildman–Crippen MR) is 97.4 cm³/mol. The molecule has 0 heterocycles. The Labute approximate surface area is 145 Å². The molecule has 2 aromatic carbocycles. The van der Waals surface area contributed by atoms with Gasteiger partial charge in [-0.15, -0.1) is 12.4 Å². The highest BCUT2D eigenvalue weighted by atomic mass is 35.5. The van der Waals surface area contributed by atoms with Crippen LogP contribution in [0.5, 0.6) is 5.75 Å². The Morgan fingerprint density at radius 1 is 1.00 bits per heavy atom. The Kier molecular flexibility index (Phi) is 9.37. The molecule has 1 N–H and O–H groups in total. The Morgan fingerprint density at radius 2 is 1.78 bits per heavy atom. The Balaban J connectivity index is 0.00000264. The van der Waals surface area contributed by atoms with Crippen molar-refractivity contribution in [3.8, 4) is 5.75 Å². The molecule has 0 saturated heterocycles. The van der Waals surface area contributed by atoms with E-state index in [2.05, 4.69) is 48.6 Å². The molecular formula is C19H26ClNO2. The molecule has 0 aliphatic heterocycles. The van der Waals surface area contributed by atoms with Crippen LogP contribution in [-0.4, -0.2) is 20.3 Å². The van der Waals surface area contributed by atoms with E-state index in [0.29, 0.717) is 6.61 Å². The van der Waals surface area contributed by atoms with Crippen LogP contribution in [0, 0.1) is 6.92 Å². The molecule has 0 radical (unpaired) electrons. The smallest absolute Gasteiger partial charge is 0.120 e. The summed E-state index contributed by atoms with van der Waals surface area (Å²) in [5, 5.41) is 3.41. The van der Waals surface area contributed by atoms with Gasteiger partial charge in [-0.1, -0.05) is 42.0 Å². The third kappa shape index (κ3) is 7.51. The molecule has 0 unspecified atom stereocenters. The van der Waals surface area contributed by atoms with E-state index in [1.165, 1.54) is 16.7 Å². The van der Waals surface area contributed by atoms with Gasteiger partial charge in [0.25, 0.3) is 0 Å². The van der Waals surface area contributed by atoms with Crippen LogP contribution in [0.25, 0.3) is 0 Å². The van der Waals surface area contributed by atoms with Crippen LogP contribution in [0.2, 0.25) is 0 Å². The second kappa shape index (κ2) is 11.1. The van der Waals surface area contributed by atoms with Crippen molar-refractivity contribution < 1.29 is 9.47 Å². The van der Waals surface area contributed by atoms with Gasteiger partial charge in [0.1, 0.15) is 12.4 Å². The molecule has 126 valence electrons. The Bertz CT molecular complexity index is 558. The molecule has 4 heteroatoms. The molecule has 2 rings (SSSR count).